The van der Waals surface area contributed by atoms with Crippen molar-refractivity contribution >= 4 is 31.5 Å². The van der Waals surface area contributed by atoms with Crippen LogP contribution in [0.2, 0.25) is 0 Å². The van der Waals surface area contributed by atoms with Gasteiger partial charge in [-0.15, -0.1) is 0 Å². The van der Waals surface area contributed by atoms with Gasteiger partial charge in [0.15, 0.2) is 5.65 Å². The quantitative estimate of drug-likeness (QED) is 0.193. The average Bonchev–Trinajstić information content (AvgIpc) is 3.21. The number of nitrogens with two attached hydrogens (primary N) is 1. The number of ether oxygens (including phenoxy) is 5. The van der Waals surface area contributed by atoms with Crippen molar-refractivity contribution in [2.24, 2.45) is 0 Å². The Morgan fingerprint density at radius 2 is 1.59 bits per heavy atom. The van der Waals surface area contributed by atoms with Crippen molar-refractivity contribution in [1.29, 1.82) is 0 Å². The molecule has 0 bridgehead atoms. The molecule has 0 spiro atoms. The van der Waals surface area contributed by atoms with Crippen molar-refractivity contribution in [2.75, 3.05) is 25.7 Å². The van der Waals surface area contributed by atoms with E-state index in [0.717, 1.165) is 5.56 Å². The average molecular weight is 548 g/mol. The van der Waals surface area contributed by atoms with E-state index in [0.29, 0.717) is 24.9 Å². The minimum atomic E-state index is -4.00. The summed E-state index contributed by atoms with van der Waals surface area (Å²) in [4.78, 5) is 31.2. The molecule has 0 radical (unpaired) electrons. The highest BCUT2D eigenvalue weighted by Gasteiger charge is 2.28. The molecular formula is C21H34N5O10P. The molecule has 2 rings (SSSR count). The van der Waals surface area contributed by atoms with Gasteiger partial charge in [0.1, 0.15) is 12.7 Å². The summed E-state index contributed by atoms with van der Waals surface area (Å²) in [6.07, 6.45) is 1.32. The molecule has 2 N–H and O–H groups in total. The normalized spacial score (nSPS) is 12.6. The second kappa shape index (κ2) is 14.7. The topological polar surface area (TPSA) is 185 Å². The van der Waals surface area contributed by atoms with Gasteiger partial charge in [-0.2, -0.15) is 9.61 Å². The van der Waals surface area contributed by atoms with E-state index in [1.807, 2.05) is 0 Å². The van der Waals surface area contributed by atoms with Crippen molar-refractivity contribution in [1.82, 2.24) is 19.6 Å². The largest absolute Gasteiger partial charge is 0.510 e. The van der Waals surface area contributed by atoms with Crippen LogP contribution in [0.3, 0.4) is 0 Å². The van der Waals surface area contributed by atoms with Crippen LogP contribution in [0.1, 0.15) is 53.0 Å². The zero-order valence-electron chi connectivity index (χ0n) is 21.5. The Balaban J connectivity index is 1.85. The Morgan fingerprint density at radius 1 is 1.00 bits per heavy atom. The molecule has 0 saturated carbocycles. The molecule has 37 heavy (non-hydrogen) atoms. The lowest BCUT2D eigenvalue weighted by molar-refractivity contribution is -0.0367. The van der Waals surface area contributed by atoms with E-state index in [9.17, 15) is 14.2 Å². The molecule has 0 aliphatic rings. The highest BCUT2D eigenvalue weighted by atomic mass is 31.2. The second-order valence-corrected chi connectivity index (χ2v) is 10.4. The lowest BCUT2D eigenvalue weighted by Crippen LogP contribution is -2.18. The van der Waals surface area contributed by atoms with Crippen molar-refractivity contribution in [3.63, 3.8) is 0 Å². The smallest absolute Gasteiger partial charge is 0.432 e. The van der Waals surface area contributed by atoms with E-state index in [4.69, 9.17) is 38.5 Å². The SMILES string of the molecule is CC(C)OC(=O)OCOP(=O)(COC(C)CCCc1cnn2c(N)ncnc12)OCOC(=O)OC(C)C. The first kappa shape index (κ1) is 30.2. The summed E-state index contributed by atoms with van der Waals surface area (Å²) in [6.45, 7) is 6.88. The van der Waals surface area contributed by atoms with Crippen molar-refractivity contribution in [2.45, 2.75) is 72.2 Å². The monoisotopic (exact) mass is 547 g/mol. The van der Waals surface area contributed by atoms with Crippen LogP contribution < -0.4 is 5.73 Å². The van der Waals surface area contributed by atoms with E-state index in [-0.39, 0.29) is 12.1 Å². The van der Waals surface area contributed by atoms with Gasteiger partial charge in [0.05, 0.1) is 24.5 Å². The maximum Gasteiger partial charge on any atom is 0.510 e. The standard InChI is InChI=1S/C21H34N5O10P/c1-14(2)35-20(27)30-11-33-37(29,34-12-31-21(28)36-15(3)4)13-32-16(5)7-6-8-17-9-25-26-18(17)23-10-24-19(26)22/h9-10,14-16H,6-8,11-13H2,1-5H3,(H2,22,23,24). The van der Waals surface area contributed by atoms with Crippen LogP contribution in [0.25, 0.3) is 5.65 Å². The van der Waals surface area contributed by atoms with Gasteiger partial charge in [0.2, 0.25) is 19.5 Å². The number of nitrogens with zero attached hydrogens (tertiary/aromatic N) is 4. The number of nitrogen functional groups attached to an aromatic ring is 1. The molecule has 0 fully saturated rings. The molecule has 0 saturated heterocycles. The van der Waals surface area contributed by atoms with Gasteiger partial charge in [-0.25, -0.2) is 19.6 Å². The molecule has 0 aliphatic heterocycles. The Labute approximate surface area is 214 Å². The summed E-state index contributed by atoms with van der Waals surface area (Å²) in [5.74, 6) is 0.242. The molecule has 2 aromatic heterocycles. The fraction of sp³-hybridized carbons (Fsp3) is 0.667. The molecule has 0 amide bonds. The lowest BCUT2D eigenvalue weighted by Gasteiger charge is -2.21. The second-order valence-electron chi connectivity index (χ2n) is 8.36. The summed E-state index contributed by atoms with van der Waals surface area (Å²) >= 11 is 0. The van der Waals surface area contributed by atoms with Crippen molar-refractivity contribution in [3.8, 4) is 0 Å². The van der Waals surface area contributed by atoms with E-state index in [1.54, 1.807) is 40.8 Å². The third kappa shape index (κ3) is 10.9. The van der Waals surface area contributed by atoms with E-state index >= 15 is 0 Å². The maximum absolute atomic E-state index is 13.1. The predicted molar refractivity (Wildman–Crippen MR) is 128 cm³/mol. The number of hydrogen-bond acceptors (Lipinski definition) is 14. The van der Waals surface area contributed by atoms with E-state index in [1.165, 1.54) is 10.8 Å². The molecule has 15 nitrogen and oxygen atoms in total. The number of rotatable bonds is 15. The Kier molecular flexibility index (Phi) is 12.0. The van der Waals surface area contributed by atoms with Gasteiger partial charge < -0.3 is 29.4 Å². The number of aromatic nitrogens is 4. The molecular weight excluding hydrogens is 513 g/mol. The van der Waals surface area contributed by atoms with Crippen molar-refractivity contribution < 1.29 is 46.9 Å². The fourth-order valence-electron chi connectivity index (χ4n) is 2.81. The Morgan fingerprint density at radius 3 is 2.16 bits per heavy atom. The minimum absolute atomic E-state index is 0.242. The zero-order chi connectivity index (χ0) is 27.4. The van der Waals surface area contributed by atoms with Crippen molar-refractivity contribution in [3.05, 3.63) is 18.1 Å². The highest BCUT2D eigenvalue weighted by Crippen LogP contribution is 2.48. The number of carbonyl (C=O) groups is 2. The summed E-state index contributed by atoms with van der Waals surface area (Å²) in [7, 11) is -4.00. The summed E-state index contributed by atoms with van der Waals surface area (Å²) < 4.78 is 49.6. The molecule has 0 aromatic carbocycles. The van der Waals surface area contributed by atoms with E-state index in [2.05, 4.69) is 15.1 Å². The number of anilines is 1. The van der Waals surface area contributed by atoms with Gasteiger partial charge in [0.25, 0.3) is 0 Å². The number of aryl methyl sites for hydroxylation is 1. The van der Waals surface area contributed by atoms with Gasteiger partial charge in [-0.05, 0) is 53.9 Å². The first-order valence-corrected chi connectivity index (χ1v) is 13.3. The van der Waals surface area contributed by atoms with Gasteiger partial charge in [-0.1, -0.05) is 0 Å². The van der Waals surface area contributed by atoms with Crippen LogP contribution in [0.4, 0.5) is 15.5 Å². The van der Waals surface area contributed by atoms with Crippen LogP contribution in [-0.4, -0.2) is 70.1 Å². The zero-order valence-corrected chi connectivity index (χ0v) is 22.4. The summed E-state index contributed by atoms with van der Waals surface area (Å²) in [6, 6.07) is 0. The molecule has 2 heterocycles. The fourth-order valence-corrected chi connectivity index (χ4v) is 3.90. The first-order chi connectivity index (χ1) is 17.5. The minimum Gasteiger partial charge on any atom is -0.432 e. The summed E-state index contributed by atoms with van der Waals surface area (Å²) in [5.41, 5.74) is 7.30. The van der Waals surface area contributed by atoms with Crippen LogP contribution in [-0.2, 0) is 43.7 Å². The lowest BCUT2D eigenvalue weighted by atomic mass is 10.1. The maximum atomic E-state index is 13.1. The van der Waals surface area contributed by atoms with Crippen LogP contribution in [0, 0.1) is 0 Å². The van der Waals surface area contributed by atoms with E-state index < -0.39 is 52.0 Å². The van der Waals surface area contributed by atoms with Crippen LogP contribution in [0.5, 0.6) is 0 Å². The highest BCUT2D eigenvalue weighted by molar-refractivity contribution is 7.53. The predicted octanol–water partition coefficient (Wildman–Crippen LogP) is 3.66. The van der Waals surface area contributed by atoms with Gasteiger partial charge in [0, 0.05) is 5.56 Å². The Bertz CT molecular complexity index is 1030. The van der Waals surface area contributed by atoms with Crippen LogP contribution >= 0.6 is 7.60 Å². The molecule has 0 aliphatic carbocycles. The number of fused-ring (bicyclic) bond motifs is 1. The third-order valence-electron chi connectivity index (χ3n) is 4.49. The number of hydrogen-bond donors (Lipinski definition) is 1. The third-order valence-corrected chi connectivity index (χ3v) is 5.96. The molecule has 1 unspecified atom stereocenters. The molecule has 1 atom stereocenters. The van der Waals surface area contributed by atoms with Gasteiger partial charge in [-0.3, -0.25) is 13.6 Å². The Hall–Kier alpha value is -3.00. The van der Waals surface area contributed by atoms with Gasteiger partial charge >= 0.3 is 19.9 Å². The molecule has 2 aromatic rings. The number of carbonyl (C=O) groups excluding carboxylic acids is 2. The molecule has 16 heteroatoms. The molecule has 208 valence electrons. The summed E-state index contributed by atoms with van der Waals surface area (Å²) in [5, 5.41) is 4.17. The first-order valence-electron chi connectivity index (χ1n) is 11.6. The van der Waals surface area contributed by atoms with Crippen LogP contribution in [0.15, 0.2) is 12.5 Å².